The summed E-state index contributed by atoms with van der Waals surface area (Å²) in [6.45, 7) is 2.26. The molecule has 0 aliphatic rings. The molecule has 0 heterocycles. The van der Waals surface area contributed by atoms with E-state index in [-0.39, 0.29) is 11.5 Å². The van der Waals surface area contributed by atoms with E-state index in [9.17, 15) is 8.42 Å². The molecule has 0 radical (unpaired) electrons. The number of nitrogens with two attached hydrogens (primary N) is 1. The molecule has 7 heteroatoms. The van der Waals surface area contributed by atoms with Gasteiger partial charge in [-0.25, -0.2) is 12.7 Å². The van der Waals surface area contributed by atoms with Crippen molar-refractivity contribution >= 4 is 31.6 Å². The Kier molecular flexibility index (Phi) is 6.44. The summed E-state index contributed by atoms with van der Waals surface area (Å²) in [6, 6.07) is 3.26. The van der Waals surface area contributed by atoms with Gasteiger partial charge in [-0.15, -0.1) is 0 Å². The first-order valence-corrected chi connectivity index (χ1v) is 8.67. The number of aliphatic hydroxyl groups excluding tert-OH is 1. The van der Waals surface area contributed by atoms with Crippen LogP contribution in [-0.4, -0.2) is 38.0 Å². The van der Waals surface area contributed by atoms with Gasteiger partial charge in [-0.3, -0.25) is 0 Å². The Balaban J connectivity index is 2.93. The maximum absolute atomic E-state index is 12.5. The summed E-state index contributed by atoms with van der Waals surface area (Å²) >= 11 is 3.27. The average Bonchev–Trinajstić information content (AvgIpc) is 2.38. The number of halogens is 1. The van der Waals surface area contributed by atoms with Crippen molar-refractivity contribution in [2.45, 2.75) is 31.1 Å². The highest BCUT2D eigenvalue weighted by Gasteiger charge is 2.23. The molecule has 3 N–H and O–H groups in total. The van der Waals surface area contributed by atoms with E-state index >= 15 is 0 Å². The highest BCUT2D eigenvalue weighted by molar-refractivity contribution is 9.10. The summed E-state index contributed by atoms with van der Waals surface area (Å²) in [7, 11) is -1.98. The highest BCUT2D eigenvalue weighted by Crippen LogP contribution is 2.28. The van der Waals surface area contributed by atoms with E-state index in [1.165, 1.54) is 4.31 Å². The highest BCUT2D eigenvalue weighted by atomic mass is 79.9. The molecule has 0 atom stereocenters. The van der Waals surface area contributed by atoms with Crippen LogP contribution < -0.4 is 5.73 Å². The van der Waals surface area contributed by atoms with E-state index in [2.05, 4.69) is 15.9 Å². The van der Waals surface area contributed by atoms with Gasteiger partial charge in [0.25, 0.3) is 0 Å². The third kappa shape index (κ3) is 4.18. The van der Waals surface area contributed by atoms with E-state index in [4.69, 9.17) is 10.8 Å². The van der Waals surface area contributed by atoms with Crippen molar-refractivity contribution in [3.63, 3.8) is 0 Å². The number of unbranched alkanes of at least 4 members (excludes halogenated alkanes) is 2. The number of hydrogen-bond acceptors (Lipinski definition) is 4. The zero-order chi connectivity index (χ0) is 15.3. The van der Waals surface area contributed by atoms with E-state index in [1.54, 1.807) is 26.1 Å². The van der Waals surface area contributed by atoms with Gasteiger partial charge in [0.1, 0.15) is 0 Å². The quantitative estimate of drug-likeness (QED) is 0.573. The summed E-state index contributed by atoms with van der Waals surface area (Å²) < 4.78 is 27.0. The second-order valence-electron chi connectivity index (χ2n) is 4.73. The first kappa shape index (κ1) is 17.4. The standard InChI is InChI=1S/C13H21BrN2O3S/c1-10-12(15)8-11(14)9-13(10)20(18,19)16(2)6-4-3-5-7-17/h8-9,17H,3-7,15H2,1-2H3. The second-order valence-corrected chi connectivity index (χ2v) is 7.66. The van der Waals surface area contributed by atoms with Crippen molar-refractivity contribution in [1.82, 2.24) is 4.31 Å². The van der Waals surface area contributed by atoms with Crippen LogP contribution in [0.1, 0.15) is 24.8 Å². The van der Waals surface area contributed by atoms with Crippen LogP contribution in [0.15, 0.2) is 21.5 Å². The number of nitrogen functional groups attached to an aromatic ring is 1. The van der Waals surface area contributed by atoms with Crippen LogP contribution in [-0.2, 0) is 10.0 Å². The average molecular weight is 365 g/mol. The van der Waals surface area contributed by atoms with Crippen molar-refractivity contribution in [2.75, 3.05) is 25.9 Å². The fourth-order valence-electron chi connectivity index (χ4n) is 1.85. The largest absolute Gasteiger partial charge is 0.398 e. The zero-order valence-electron chi connectivity index (χ0n) is 11.8. The number of nitrogens with zero attached hydrogens (tertiary/aromatic N) is 1. The monoisotopic (exact) mass is 364 g/mol. The van der Waals surface area contributed by atoms with E-state index in [0.29, 0.717) is 28.7 Å². The van der Waals surface area contributed by atoms with Crippen LogP contribution in [0, 0.1) is 6.92 Å². The minimum atomic E-state index is -3.54. The van der Waals surface area contributed by atoms with Gasteiger partial charge in [-0.1, -0.05) is 15.9 Å². The predicted octanol–water partition coefficient (Wildman–Crippen LogP) is 2.12. The number of benzene rings is 1. The third-order valence-electron chi connectivity index (χ3n) is 3.18. The molecule has 20 heavy (non-hydrogen) atoms. The van der Waals surface area contributed by atoms with Crippen LogP contribution in [0.4, 0.5) is 5.69 Å². The fourth-order valence-corrected chi connectivity index (χ4v) is 3.97. The molecule has 0 saturated carbocycles. The van der Waals surface area contributed by atoms with Crippen molar-refractivity contribution in [3.8, 4) is 0 Å². The Morgan fingerprint density at radius 3 is 2.55 bits per heavy atom. The Labute approximate surface area is 129 Å². The van der Waals surface area contributed by atoms with Crippen LogP contribution >= 0.6 is 15.9 Å². The molecule has 0 spiro atoms. The predicted molar refractivity (Wildman–Crippen MR) is 84.0 cm³/mol. The Bertz CT molecular complexity index is 561. The van der Waals surface area contributed by atoms with Crippen molar-refractivity contribution in [2.24, 2.45) is 0 Å². The molecule has 0 aromatic heterocycles. The lowest BCUT2D eigenvalue weighted by atomic mass is 10.2. The van der Waals surface area contributed by atoms with Crippen LogP contribution in [0.2, 0.25) is 0 Å². The van der Waals surface area contributed by atoms with E-state index in [0.717, 1.165) is 12.8 Å². The normalized spacial score (nSPS) is 12.1. The zero-order valence-corrected chi connectivity index (χ0v) is 14.2. The molecule has 1 rings (SSSR count). The molecular weight excluding hydrogens is 344 g/mol. The van der Waals surface area contributed by atoms with E-state index < -0.39 is 10.0 Å². The van der Waals surface area contributed by atoms with Crippen LogP contribution in [0.3, 0.4) is 0 Å². The maximum Gasteiger partial charge on any atom is 0.243 e. The number of hydrogen-bond donors (Lipinski definition) is 2. The Morgan fingerprint density at radius 2 is 1.95 bits per heavy atom. The maximum atomic E-state index is 12.5. The molecule has 5 nitrogen and oxygen atoms in total. The minimum absolute atomic E-state index is 0.137. The van der Waals surface area contributed by atoms with Gasteiger partial charge < -0.3 is 10.8 Å². The summed E-state index contributed by atoms with van der Waals surface area (Å²) in [5.74, 6) is 0. The van der Waals surface area contributed by atoms with Gasteiger partial charge in [-0.2, -0.15) is 0 Å². The lowest BCUT2D eigenvalue weighted by molar-refractivity contribution is 0.281. The Hall–Kier alpha value is -0.630. The van der Waals surface area contributed by atoms with Gasteiger partial charge in [0.2, 0.25) is 10.0 Å². The molecule has 1 aromatic rings. The fraction of sp³-hybridized carbons (Fsp3) is 0.538. The summed E-state index contributed by atoms with van der Waals surface area (Å²) in [5.41, 5.74) is 6.83. The number of rotatable bonds is 7. The molecule has 0 amide bonds. The van der Waals surface area contributed by atoms with Gasteiger partial charge in [0, 0.05) is 30.4 Å². The topological polar surface area (TPSA) is 83.6 Å². The lowest BCUT2D eigenvalue weighted by Crippen LogP contribution is -2.28. The number of aliphatic hydroxyl groups is 1. The number of sulfonamides is 1. The van der Waals surface area contributed by atoms with Crippen LogP contribution in [0.25, 0.3) is 0 Å². The third-order valence-corrected chi connectivity index (χ3v) is 5.63. The van der Waals surface area contributed by atoms with E-state index in [1.807, 2.05) is 0 Å². The molecule has 114 valence electrons. The minimum Gasteiger partial charge on any atom is -0.398 e. The van der Waals surface area contributed by atoms with Crippen LogP contribution in [0.5, 0.6) is 0 Å². The summed E-state index contributed by atoms with van der Waals surface area (Å²) in [5, 5.41) is 8.72. The lowest BCUT2D eigenvalue weighted by Gasteiger charge is -2.19. The summed E-state index contributed by atoms with van der Waals surface area (Å²) in [6.07, 6.45) is 2.21. The van der Waals surface area contributed by atoms with Gasteiger partial charge in [0.05, 0.1) is 4.90 Å². The molecule has 0 fully saturated rings. The summed E-state index contributed by atoms with van der Waals surface area (Å²) in [4.78, 5) is 0.231. The Morgan fingerprint density at radius 1 is 1.30 bits per heavy atom. The van der Waals surface area contributed by atoms with Gasteiger partial charge >= 0.3 is 0 Å². The van der Waals surface area contributed by atoms with Crippen molar-refractivity contribution in [1.29, 1.82) is 0 Å². The molecular formula is C13H21BrN2O3S. The molecule has 0 saturated heterocycles. The SMILES string of the molecule is Cc1c(N)cc(Br)cc1S(=O)(=O)N(C)CCCCCO. The van der Waals surface area contributed by atoms with Gasteiger partial charge in [0.15, 0.2) is 0 Å². The first-order chi connectivity index (χ1) is 9.30. The molecule has 0 aliphatic heterocycles. The smallest absolute Gasteiger partial charge is 0.243 e. The van der Waals surface area contributed by atoms with Gasteiger partial charge in [-0.05, 0) is 43.9 Å². The molecule has 1 aromatic carbocycles. The first-order valence-electron chi connectivity index (χ1n) is 6.43. The molecule has 0 bridgehead atoms. The molecule has 0 unspecified atom stereocenters. The number of anilines is 1. The van der Waals surface area contributed by atoms with Crippen molar-refractivity contribution < 1.29 is 13.5 Å². The molecule has 0 aliphatic carbocycles. The van der Waals surface area contributed by atoms with Crippen molar-refractivity contribution in [3.05, 3.63) is 22.2 Å². The second kappa shape index (κ2) is 7.40.